The van der Waals surface area contributed by atoms with Gasteiger partial charge in [0.2, 0.25) is 5.89 Å². The summed E-state index contributed by atoms with van der Waals surface area (Å²) in [6.45, 7) is 6.20. The summed E-state index contributed by atoms with van der Waals surface area (Å²) >= 11 is 7.46. The minimum absolute atomic E-state index is 0.0643. The molecule has 0 saturated carbocycles. The normalized spacial score (nSPS) is 13.7. The fourth-order valence-corrected chi connectivity index (χ4v) is 5.03. The molecule has 0 radical (unpaired) electrons. The first kappa shape index (κ1) is 22.9. The average molecular weight is 493 g/mol. The lowest BCUT2D eigenvalue weighted by atomic mass is 10.1. The van der Waals surface area contributed by atoms with Crippen LogP contribution in [0, 0.1) is 13.8 Å². The molecule has 34 heavy (non-hydrogen) atoms. The van der Waals surface area contributed by atoms with Crippen molar-refractivity contribution in [2.75, 3.05) is 6.54 Å². The summed E-state index contributed by atoms with van der Waals surface area (Å²) in [4.78, 5) is 27.5. The highest BCUT2D eigenvalue weighted by molar-refractivity contribution is 7.98. The zero-order valence-electron chi connectivity index (χ0n) is 19.1. The summed E-state index contributed by atoms with van der Waals surface area (Å²) < 4.78 is 5.88. The minimum atomic E-state index is -0.0643. The lowest BCUT2D eigenvalue weighted by Crippen LogP contribution is -2.35. The maximum Gasteiger partial charge on any atom is 0.256 e. The van der Waals surface area contributed by atoms with Gasteiger partial charge in [0.1, 0.15) is 5.76 Å². The topological polar surface area (TPSA) is 75.0 Å². The van der Waals surface area contributed by atoms with Crippen molar-refractivity contribution >= 4 is 23.4 Å². The highest BCUT2D eigenvalue weighted by Gasteiger charge is 2.22. The van der Waals surface area contributed by atoms with E-state index in [1.54, 1.807) is 0 Å². The van der Waals surface area contributed by atoms with Gasteiger partial charge < -0.3 is 9.40 Å². The van der Waals surface area contributed by atoms with Crippen molar-refractivity contribution in [1.29, 1.82) is 0 Å². The molecule has 2 aromatic carbocycles. The molecule has 0 saturated heterocycles. The smallest absolute Gasteiger partial charge is 0.256 e. The molecule has 1 N–H and O–H groups in total. The van der Waals surface area contributed by atoms with Gasteiger partial charge in [-0.3, -0.25) is 9.69 Å². The number of thioether (sulfide) groups is 1. The van der Waals surface area contributed by atoms with Gasteiger partial charge in [-0.05, 0) is 43.7 Å². The number of fused-ring (bicyclic) bond motifs is 1. The molecule has 4 aromatic rings. The average Bonchev–Trinajstić information content (AvgIpc) is 3.20. The monoisotopic (exact) mass is 492 g/mol. The molecule has 6 nitrogen and oxygen atoms in total. The Bertz CT molecular complexity index is 1360. The number of halogens is 1. The third-order valence-electron chi connectivity index (χ3n) is 5.98. The molecule has 2 aromatic heterocycles. The van der Waals surface area contributed by atoms with Gasteiger partial charge in [-0.15, -0.1) is 0 Å². The third-order valence-corrected chi connectivity index (χ3v) is 7.12. The number of rotatable bonds is 6. The van der Waals surface area contributed by atoms with Crippen LogP contribution in [0.2, 0.25) is 5.02 Å². The van der Waals surface area contributed by atoms with Crippen LogP contribution < -0.4 is 5.56 Å². The van der Waals surface area contributed by atoms with Gasteiger partial charge in [0.05, 0.1) is 17.0 Å². The number of H-pyrrole nitrogens is 1. The first-order valence-corrected chi connectivity index (χ1v) is 12.6. The zero-order chi connectivity index (χ0) is 23.7. The Labute approximate surface area is 207 Å². The van der Waals surface area contributed by atoms with Crippen LogP contribution in [0.1, 0.15) is 33.8 Å². The maximum absolute atomic E-state index is 12.8. The van der Waals surface area contributed by atoms with Gasteiger partial charge in [0, 0.05) is 42.4 Å². The number of aromatic nitrogens is 3. The van der Waals surface area contributed by atoms with E-state index in [0.717, 1.165) is 52.8 Å². The van der Waals surface area contributed by atoms with E-state index in [1.807, 2.05) is 55.5 Å². The Morgan fingerprint density at radius 2 is 1.85 bits per heavy atom. The molecule has 0 aliphatic carbocycles. The summed E-state index contributed by atoms with van der Waals surface area (Å²) in [5, 5.41) is 1.35. The highest BCUT2D eigenvalue weighted by atomic mass is 35.5. The second-order valence-electron chi connectivity index (χ2n) is 8.56. The van der Waals surface area contributed by atoms with Crippen LogP contribution in [0.25, 0.3) is 11.5 Å². The van der Waals surface area contributed by atoms with E-state index in [0.29, 0.717) is 23.3 Å². The Balaban J connectivity index is 1.26. The molecule has 0 bridgehead atoms. The van der Waals surface area contributed by atoms with Crippen LogP contribution in [0.15, 0.2) is 62.9 Å². The van der Waals surface area contributed by atoms with E-state index < -0.39 is 0 Å². The summed E-state index contributed by atoms with van der Waals surface area (Å²) in [6.07, 6.45) is 0.751. The third kappa shape index (κ3) is 5.12. The summed E-state index contributed by atoms with van der Waals surface area (Å²) in [5.41, 5.74) is 5.75. The number of benzene rings is 2. The molecular weight excluding hydrogens is 468 g/mol. The summed E-state index contributed by atoms with van der Waals surface area (Å²) in [5.74, 6) is 1.97. The first-order valence-electron chi connectivity index (χ1n) is 11.2. The molecule has 1 aliphatic rings. The highest BCUT2D eigenvalue weighted by Crippen LogP contribution is 2.27. The van der Waals surface area contributed by atoms with Crippen molar-refractivity contribution < 1.29 is 4.42 Å². The summed E-state index contributed by atoms with van der Waals surface area (Å²) in [6, 6.07) is 15.9. The maximum atomic E-state index is 12.8. The Kier molecular flexibility index (Phi) is 6.59. The summed E-state index contributed by atoms with van der Waals surface area (Å²) in [7, 11) is 0. The predicted molar refractivity (Wildman–Crippen MR) is 135 cm³/mol. The van der Waals surface area contributed by atoms with Gasteiger partial charge in [-0.1, -0.05) is 53.2 Å². The Morgan fingerprint density at radius 1 is 1.09 bits per heavy atom. The van der Waals surface area contributed by atoms with Crippen LogP contribution in [0.4, 0.5) is 0 Å². The van der Waals surface area contributed by atoms with Crippen molar-refractivity contribution in [3.8, 4) is 11.5 Å². The first-order chi connectivity index (χ1) is 16.4. The van der Waals surface area contributed by atoms with Gasteiger partial charge >= 0.3 is 0 Å². The molecular formula is C26H25ClN4O2S. The van der Waals surface area contributed by atoms with E-state index in [2.05, 4.69) is 21.8 Å². The van der Waals surface area contributed by atoms with Crippen molar-refractivity contribution in [2.24, 2.45) is 0 Å². The number of hydrogen-bond donors (Lipinski definition) is 1. The number of nitrogens with zero attached hydrogens (tertiary/aromatic N) is 3. The van der Waals surface area contributed by atoms with Crippen LogP contribution in [-0.2, 0) is 25.3 Å². The van der Waals surface area contributed by atoms with Crippen molar-refractivity contribution in [3.05, 3.63) is 97.7 Å². The number of aromatic amines is 1. The van der Waals surface area contributed by atoms with Crippen molar-refractivity contribution in [2.45, 2.75) is 44.3 Å². The van der Waals surface area contributed by atoms with E-state index >= 15 is 0 Å². The van der Waals surface area contributed by atoms with Gasteiger partial charge in [-0.2, -0.15) is 0 Å². The Hall–Kier alpha value is -2.87. The fourth-order valence-electron chi connectivity index (χ4n) is 4.03. The lowest BCUT2D eigenvalue weighted by Gasteiger charge is -2.27. The number of nitrogens with one attached hydrogen (secondary N) is 1. The molecule has 1 aliphatic heterocycles. The van der Waals surface area contributed by atoms with E-state index in [9.17, 15) is 4.79 Å². The van der Waals surface area contributed by atoms with E-state index in [-0.39, 0.29) is 5.56 Å². The molecule has 0 amide bonds. The largest absolute Gasteiger partial charge is 0.441 e. The van der Waals surface area contributed by atoms with Gasteiger partial charge in [-0.25, -0.2) is 9.97 Å². The quantitative estimate of drug-likeness (QED) is 0.281. The lowest BCUT2D eigenvalue weighted by molar-refractivity contribution is 0.241. The van der Waals surface area contributed by atoms with Crippen LogP contribution in [0.5, 0.6) is 0 Å². The van der Waals surface area contributed by atoms with Crippen LogP contribution in [0.3, 0.4) is 0 Å². The zero-order valence-corrected chi connectivity index (χ0v) is 20.7. The van der Waals surface area contributed by atoms with Crippen LogP contribution >= 0.6 is 23.4 Å². The second kappa shape index (κ2) is 9.78. The minimum Gasteiger partial charge on any atom is -0.441 e. The second-order valence-corrected chi connectivity index (χ2v) is 9.96. The van der Waals surface area contributed by atoms with Crippen LogP contribution in [-0.4, -0.2) is 26.4 Å². The molecule has 0 atom stereocenters. The molecule has 174 valence electrons. The van der Waals surface area contributed by atoms with Crippen molar-refractivity contribution in [3.63, 3.8) is 0 Å². The molecule has 8 heteroatoms. The van der Waals surface area contributed by atoms with Gasteiger partial charge in [0.25, 0.3) is 5.56 Å². The Morgan fingerprint density at radius 3 is 2.62 bits per heavy atom. The standard InChI is InChI=1S/C26H25ClN4O2S/c1-16-3-7-19(8-4-16)25-28-23(17(2)33-25)15-34-26-29-22-11-12-31(14-21(22)24(32)30-26)13-18-5-9-20(27)10-6-18/h3-10H,11-15H2,1-2H3,(H,29,30,32). The predicted octanol–water partition coefficient (Wildman–Crippen LogP) is 5.55. The molecule has 3 heterocycles. The van der Waals surface area contributed by atoms with Gasteiger partial charge in [0.15, 0.2) is 5.16 Å². The molecule has 0 spiro atoms. The number of hydrogen-bond acceptors (Lipinski definition) is 6. The molecule has 5 rings (SSSR count). The molecule has 0 unspecified atom stereocenters. The number of oxazole rings is 1. The number of aryl methyl sites for hydroxylation is 2. The fraction of sp³-hybridized carbons (Fsp3) is 0.269. The van der Waals surface area contributed by atoms with E-state index in [1.165, 1.54) is 22.9 Å². The van der Waals surface area contributed by atoms with Crippen molar-refractivity contribution in [1.82, 2.24) is 19.9 Å². The van der Waals surface area contributed by atoms with E-state index in [4.69, 9.17) is 21.0 Å². The molecule has 0 fully saturated rings. The SMILES string of the molecule is Cc1ccc(-c2nc(CSc3nc4c(c(=O)[nH]3)CN(Cc3ccc(Cl)cc3)CC4)c(C)o2)cc1.